The van der Waals surface area contributed by atoms with Gasteiger partial charge in [-0.05, 0) is 60.2 Å². The first-order valence-corrected chi connectivity index (χ1v) is 8.49. The SMILES string of the molecule is Cc1cc(Br)cnc1N1CCCC(N(C)C(=O)C2CC2)C1. The van der Waals surface area contributed by atoms with Crippen molar-refractivity contribution in [3.63, 3.8) is 0 Å². The largest absolute Gasteiger partial charge is 0.354 e. The molecule has 0 spiro atoms. The number of hydrogen-bond donors (Lipinski definition) is 0. The van der Waals surface area contributed by atoms with Crippen molar-refractivity contribution in [3.8, 4) is 0 Å². The molecule has 1 aliphatic heterocycles. The summed E-state index contributed by atoms with van der Waals surface area (Å²) in [6.45, 7) is 4.01. The van der Waals surface area contributed by atoms with Gasteiger partial charge in [0.25, 0.3) is 0 Å². The van der Waals surface area contributed by atoms with E-state index in [0.717, 1.165) is 49.1 Å². The molecule has 0 N–H and O–H groups in total. The highest BCUT2D eigenvalue weighted by molar-refractivity contribution is 9.10. The minimum atomic E-state index is 0.304. The lowest BCUT2D eigenvalue weighted by atomic mass is 10.0. The first-order chi connectivity index (χ1) is 10.1. The molecule has 1 amide bonds. The molecule has 114 valence electrons. The van der Waals surface area contributed by atoms with Crippen LogP contribution in [-0.4, -0.2) is 42.0 Å². The molecule has 1 aromatic rings. The molecule has 2 fully saturated rings. The molecule has 1 atom stereocenters. The van der Waals surface area contributed by atoms with Gasteiger partial charge in [-0.25, -0.2) is 4.98 Å². The van der Waals surface area contributed by atoms with E-state index in [2.05, 4.69) is 38.8 Å². The predicted molar refractivity (Wildman–Crippen MR) is 87.4 cm³/mol. The molecule has 1 unspecified atom stereocenters. The van der Waals surface area contributed by atoms with Crippen LogP contribution in [0.5, 0.6) is 0 Å². The smallest absolute Gasteiger partial charge is 0.225 e. The average molecular weight is 352 g/mol. The van der Waals surface area contributed by atoms with Gasteiger partial charge >= 0.3 is 0 Å². The molecule has 4 nitrogen and oxygen atoms in total. The van der Waals surface area contributed by atoms with Gasteiger partial charge in [0.05, 0.1) is 0 Å². The number of amides is 1. The summed E-state index contributed by atoms with van der Waals surface area (Å²) in [5, 5.41) is 0. The first kappa shape index (κ1) is 14.8. The fourth-order valence-corrected chi connectivity index (χ4v) is 3.57. The van der Waals surface area contributed by atoms with E-state index in [4.69, 9.17) is 0 Å². The standard InChI is InChI=1S/C16H22BrN3O/c1-11-8-13(17)9-18-15(11)20-7-3-4-14(10-20)19(2)16(21)12-5-6-12/h8-9,12,14H,3-7,10H2,1-2H3. The summed E-state index contributed by atoms with van der Waals surface area (Å²) >= 11 is 3.46. The number of carbonyl (C=O) groups excluding carboxylic acids is 1. The summed E-state index contributed by atoms with van der Waals surface area (Å²) < 4.78 is 1.01. The number of carbonyl (C=O) groups is 1. The minimum Gasteiger partial charge on any atom is -0.354 e. The summed E-state index contributed by atoms with van der Waals surface area (Å²) in [6, 6.07) is 2.42. The average Bonchev–Trinajstić information content (AvgIpc) is 3.30. The fourth-order valence-electron chi connectivity index (χ4n) is 3.13. The molecule has 5 heteroatoms. The Morgan fingerprint density at radius 3 is 2.86 bits per heavy atom. The summed E-state index contributed by atoms with van der Waals surface area (Å²) in [6.07, 6.45) is 6.22. The monoisotopic (exact) mass is 351 g/mol. The zero-order valence-electron chi connectivity index (χ0n) is 12.7. The Kier molecular flexibility index (Phi) is 4.20. The van der Waals surface area contributed by atoms with Gasteiger partial charge in [-0.3, -0.25) is 4.79 Å². The van der Waals surface area contributed by atoms with Crippen LogP contribution < -0.4 is 4.90 Å². The van der Waals surface area contributed by atoms with Crippen LogP contribution in [0.25, 0.3) is 0 Å². The zero-order valence-corrected chi connectivity index (χ0v) is 14.3. The number of rotatable bonds is 3. The van der Waals surface area contributed by atoms with Gasteiger partial charge in [0.15, 0.2) is 0 Å². The van der Waals surface area contributed by atoms with Gasteiger partial charge in [-0.2, -0.15) is 0 Å². The Bertz CT molecular complexity index is 544. The molecule has 1 saturated heterocycles. The summed E-state index contributed by atoms with van der Waals surface area (Å²) in [5.41, 5.74) is 1.18. The maximum Gasteiger partial charge on any atom is 0.225 e. The molecule has 2 aliphatic rings. The van der Waals surface area contributed by atoms with E-state index in [1.54, 1.807) is 0 Å². The van der Waals surface area contributed by atoms with Crippen molar-refractivity contribution in [1.82, 2.24) is 9.88 Å². The van der Waals surface area contributed by atoms with Crippen LogP contribution in [0.15, 0.2) is 16.7 Å². The van der Waals surface area contributed by atoms with Gasteiger partial charge in [0.2, 0.25) is 5.91 Å². The Morgan fingerprint density at radius 2 is 2.19 bits per heavy atom. The number of aromatic nitrogens is 1. The maximum absolute atomic E-state index is 12.2. The van der Waals surface area contributed by atoms with Gasteiger partial charge < -0.3 is 9.80 Å². The van der Waals surface area contributed by atoms with Crippen LogP contribution in [-0.2, 0) is 4.79 Å². The van der Waals surface area contributed by atoms with Crippen molar-refractivity contribution in [2.45, 2.75) is 38.6 Å². The van der Waals surface area contributed by atoms with Crippen molar-refractivity contribution < 1.29 is 4.79 Å². The zero-order chi connectivity index (χ0) is 15.0. The van der Waals surface area contributed by atoms with E-state index < -0.39 is 0 Å². The van der Waals surface area contributed by atoms with E-state index in [9.17, 15) is 4.79 Å². The van der Waals surface area contributed by atoms with Crippen molar-refractivity contribution >= 4 is 27.7 Å². The second kappa shape index (κ2) is 5.95. The lowest BCUT2D eigenvalue weighted by molar-refractivity contribution is -0.133. The molecular weight excluding hydrogens is 330 g/mol. The summed E-state index contributed by atoms with van der Waals surface area (Å²) in [4.78, 5) is 21.1. The van der Waals surface area contributed by atoms with Crippen molar-refractivity contribution in [3.05, 3.63) is 22.3 Å². The van der Waals surface area contributed by atoms with Crippen molar-refractivity contribution in [2.75, 3.05) is 25.0 Å². The number of halogens is 1. The van der Waals surface area contributed by atoms with Crippen LogP contribution in [0.4, 0.5) is 5.82 Å². The van der Waals surface area contributed by atoms with Gasteiger partial charge in [-0.15, -0.1) is 0 Å². The Balaban J connectivity index is 1.71. The number of likely N-dealkylation sites (N-methyl/N-ethyl adjacent to an activating group) is 1. The van der Waals surface area contributed by atoms with Gasteiger partial charge in [0.1, 0.15) is 5.82 Å². The topological polar surface area (TPSA) is 36.4 Å². The van der Waals surface area contributed by atoms with Crippen molar-refractivity contribution in [2.24, 2.45) is 5.92 Å². The molecule has 1 aromatic heterocycles. The Hall–Kier alpha value is -1.10. The molecule has 2 heterocycles. The van der Waals surface area contributed by atoms with E-state index in [1.165, 1.54) is 5.56 Å². The molecular formula is C16H22BrN3O. The second-order valence-electron chi connectivity index (χ2n) is 6.26. The first-order valence-electron chi connectivity index (χ1n) is 7.70. The third-order valence-electron chi connectivity index (χ3n) is 4.54. The molecule has 0 bridgehead atoms. The van der Waals surface area contributed by atoms with Crippen molar-refractivity contribution in [1.29, 1.82) is 0 Å². The number of anilines is 1. The molecule has 3 rings (SSSR count). The number of nitrogens with zero attached hydrogens (tertiary/aromatic N) is 3. The third kappa shape index (κ3) is 3.23. The van der Waals surface area contributed by atoms with E-state index in [1.807, 2.05) is 18.1 Å². The van der Waals surface area contributed by atoms with Gasteiger partial charge in [-0.1, -0.05) is 0 Å². The maximum atomic E-state index is 12.2. The second-order valence-corrected chi connectivity index (χ2v) is 7.18. The third-order valence-corrected chi connectivity index (χ3v) is 4.97. The highest BCUT2D eigenvalue weighted by Gasteiger charge is 2.36. The highest BCUT2D eigenvalue weighted by Crippen LogP contribution is 2.32. The number of hydrogen-bond acceptors (Lipinski definition) is 3. The lowest BCUT2D eigenvalue weighted by Crippen LogP contribution is -2.49. The van der Waals surface area contributed by atoms with Gasteiger partial charge in [0, 0.05) is 42.8 Å². The molecule has 0 radical (unpaired) electrons. The Labute approximate surface area is 134 Å². The quantitative estimate of drug-likeness (QED) is 0.839. The van der Waals surface area contributed by atoms with Crippen LogP contribution in [0.2, 0.25) is 0 Å². The molecule has 21 heavy (non-hydrogen) atoms. The van der Waals surface area contributed by atoms with Crippen LogP contribution in [0.1, 0.15) is 31.2 Å². The minimum absolute atomic E-state index is 0.304. The summed E-state index contributed by atoms with van der Waals surface area (Å²) in [5.74, 6) is 1.69. The van der Waals surface area contributed by atoms with E-state index >= 15 is 0 Å². The van der Waals surface area contributed by atoms with Crippen LogP contribution >= 0.6 is 15.9 Å². The fraction of sp³-hybridized carbons (Fsp3) is 0.625. The molecule has 0 aromatic carbocycles. The normalized spacial score (nSPS) is 22.2. The van der Waals surface area contributed by atoms with Crippen LogP contribution in [0, 0.1) is 12.8 Å². The summed E-state index contributed by atoms with van der Waals surface area (Å²) in [7, 11) is 1.97. The number of piperidine rings is 1. The van der Waals surface area contributed by atoms with Crippen LogP contribution in [0.3, 0.4) is 0 Å². The predicted octanol–water partition coefficient (Wildman–Crippen LogP) is 2.99. The highest BCUT2D eigenvalue weighted by atomic mass is 79.9. The number of pyridine rings is 1. The van der Waals surface area contributed by atoms with E-state index in [-0.39, 0.29) is 0 Å². The number of aryl methyl sites for hydroxylation is 1. The molecule has 1 aliphatic carbocycles. The Morgan fingerprint density at radius 1 is 1.43 bits per heavy atom. The van der Waals surface area contributed by atoms with E-state index in [0.29, 0.717) is 17.9 Å². The molecule has 1 saturated carbocycles. The lowest BCUT2D eigenvalue weighted by Gasteiger charge is -2.38.